The van der Waals surface area contributed by atoms with E-state index in [1.165, 1.54) is 31.2 Å². The molecule has 0 atom stereocenters. The zero-order valence-electron chi connectivity index (χ0n) is 13.4. The van der Waals surface area contributed by atoms with E-state index in [0.717, 1.165) is 25.7 Å². The Morgan fingerprint density at radius 1 is 1.17 bits per heavy atom. The summed E-state index contributed by atoms with van der Waals surface area (Å²) in [6.45, 7) is 0. The number of nitrogens with zero attached hydrogens (tertiary/aromatic N) is 3. The molecule has 0 aliphatic heterocycles. The molecular formula is C17H20N4O3. The minimum absolute atomic E-state index is 0.0252. The number of nitro benzene ring substituents is 1. The van der Waals surface area contributed by atoms with E-state index in [0.29, 0.717) is 11.3 Å². The lowest BCUT2D eigenvalue weighted by Gasteiger charge is -2.15. The number of benzene rings is 1. The van der Waals surface area contributed by atoms with Crippen molar-refractivity contribution < 1.29 is 9.72 Å². The van der Waals surface area contributed by atoms with Crippen LogP contribution in [0.25, 0.3) is 5.69 Å². The highest BCUT2D eigenvalue weighted by atomic mass is 16.6. The Morgan fingerprint density at radius 2 is 1.83 bits per heavy atom. The lowest BCUT2D eigenvalue weighted by molar-refractivity contribution is -0.384. The van der Waals surface area contributed by atoms with E-state index in [4.69, 9.17) is 0 Å². The second-order valence-corrected chi connectivity index (χ2v) is 6.11. The monoisotopic (exact) mass is 328 g/mol. The molecule has 1 saturated carbocycles. The fourth-order valence-corrected chi connectivity index (χ4v) is 3.00. The molecule has 7 nitrogen and oxygen atoms in total. The van der Waals surface area contributed by atoms with Crippen LogP contribution in [0.5, 0.6) is 0 Å². The van der Waals surface area contributed by atoms with Crippen LogP contribution < -0.4 is 5.32 Å². The van der Waals surface area contributed by atoms with E-state index in [-0.39, 0.29) is 17.6 Å². The average molecular weight is 328 g/mol. The SMILES string of the molecule is O=C(NC1CCCCCC1)c1cnn(-c2ccc([N+](=O)[O-])cc2)c1. The van der Waals surface area contributed by atoms with Crippen LogP contribution in [0.2, 0.25) is 0 Å². The molecule has 1 amide bonds. The minimum Gasteiger partial charge on any atom is -0.349 e. The molecular weight excluding hydrogens is 308 g/mol. The van der Waals surface area contributed by atoms with Crippen molar-refractivity contribution in [3.05, 3.63) is 52.3 Å². The topological polar surface area (TPSA) is 90.1 Å². The van der Waals surface area contributed by atoms with E-state index in [9.17, 15) is 14.9 Å². The van der Waals surface area contributed by atoms with Crippen molar-refractivity contribution in [3.63, 3.8) is 0 Å². The zero-order chi connectivity index (χ0) is 16.9. The van der Waals surface area contributed by atoms with E-state index in [2.05, 4.69) is 10.4 Å². The van der Waals surface area contributed by atoms with Gasteiger partial charge in [-0.05, 0) is 25.0 Å². The number of hydrogen-bond donors (Lipinski definition) is 1. The predicted octanol–water partition coefficient (Wildman–Crippen LogP) is 3.23. The van der Waals surface area contributed by atoms with Gasteiger partial charge in [-0.2, -0.15) is 5.10 Å². The van der Waals surface area contributed by atoms with Crippen LogP contribution in [0.15, 0.2) is 36.7 Å². The fourth-order valence-electron chi connectivity index (χ4n) is 3.00. The molecule has 7 heteroatoms. The molecule has 24 heavy (non-hydrogen) atoms. The Hall–Kier alpha value is -2.70. The van der Waals surface area contributed by atoms with Crippen molar-refractivity contribution in [2.45, 2.75) is 44.6 Å². The Bertz CT molecular complexity index is 716. The first-order valence-corrected chi connectivity index (χ1v) is 8.24. The first-order chi connectivity index (χ1) is 11.6. The van der Waals surface area contributed by atoms with Gasteiger partial charge in [0.1, 0.15) is 0 Å². The molecule has 1 aliphatic rings. The van der Waals surface area contributed by atoms with Crippen LogP contribution in [-0.2, 0) is 0 Å². The Labute approximate surface area is 139 Å². The van der Waals surface area contributed by atoms with Gasteiger partial charge in [-0.3, -0.25) is 14.9 Å². The quantitative estimate of drug-likeness (QED) is 0.530. The van der Waals surface area contributed by atoms with E-state index >= 15 is 0 Å². The number of carbonyl (C=O) groups is 1. The Kier molecular flexibility index (Phi) is 4.88. The molecule has 0 bridgehead atoms. The van der Waals surface area contributed by atoms with Crippen molar-refractivity contribution in [3.8, 4) is 5.69 Å². The van der Waals surface area contributed by atoms with Crippen LogP contribution in [-0.4, -0.2) is 26.7 Å². The van der Waals surface area contributed by atoms with Crippen LogP contribution in [0, 0.1) is 10.1 Å². The smallest absolute Gasteiger partial charge is 0.269 e. The maximum atomic E-state index is 12.4. The second kappa shape index (κ2) is 7.25. The molecule has 126 valence electrons. The van der Waals surface area contributed by atoms with Crippen molar-refractivity contribution >= 4 is 11.6 Å². The van der Waals surface area contributed by atoms with Crippen molar-refractivity contribution in [1.29, 1.82) is 0 Å². The molecule has 1 N–H and O–H groups in total. The van der Waals surface area contributed by atoms with E-state index < -0.39 is 4.92 Å². The average Bonchev–Trinajstić information content (AvgIpc) is 2.94. The van der Waals surface area contributed by atoms with Gasteiger partial charge in [0, 0.05) is 24.4 Å². The molecule has 1 aromatic carbocycles. The fraction of sp³-hybridized carbons (Fsp3) is 0.412. The van der Waals surface area contributed by atoms with Gasteiger partial charge in [0.2, 0.25) is 0 Å². The number of amides is 1. The molecule has 0 spiro atoms. The maximum Gasteiger partial charge on any atom is 0.269 e. The largest absolute Gasteiger partial charge is 0.349 e. The van der Waals surface area contributed by atoms with Crippen molar-refractivity contribution in [2.75, 3.05) is 0 Å². The first-order valence-electron chi connectivity index (χ1n) is 8.24. The highest BCUT2D eigenvalue weighted by Gasteiger charge is 2.17. The van der Waals surface area contributed by atoms with Gasteiger partial charge in [0.05, 0.1) is 22.4 Å². The number of rotatable bonds is 4. The number of hydrogen-bond acceptors (Lipinski definition) is 4. The first kappa shape index (κ1) is 16.2. The number of aromatic nitrogens is 2. The zero-order valence-corrected chi connectivity index (χ0v) is 13.4. The number of non-ortho nitro benzene ring substituents is 1. The molecule has 3 rings (SSSR count). The summed E-state index contributed by atoms with van der Waals surface area (Å²) in [4.78, 5) is 22.6. The number of nitrogens with one attached hydrogen (secondary N) is 1. The minimum atomic E-state index is -0.446. The van der Waals surface area contributed by atoms with Crippen LogP contribution >= 0.6 is 0 Å². The van der Waals surface area contributed by atoms with Gasteiger partial charge in [0.25, 0.3) is 11.6 Å². The third-order valence-electron chi connectivity index (χ3n) is 4.36. The Balaban J connectivity index is 1.67. The van der Waals surface area contributed by atoms with Crippen molar-refractivity contribution in [1.82, 2.24) is 15.1 Å². The van der Waals surface area contributed by atoms with Gasteiger partial charge >= 0.3 is 0 Å². The van der Waals surface area contributed by atoms with Gasteiger partial charge in [-0.25, -0.2) is 4.68 Å². The van der Waals surface area contributed by atoms with Gasteiger partial charge in [-0.15, -0.1) is 0 Å². The summed E-state index contributed by atoms with van der Waals surface area (Å²) in [5.41, 5.74) is 1.20. The summed E-state index contributed by atoms with van der Waals surface area (Å²) in [6, 6.07) is 6.29. The lowest BCUT2D eigenvalue weighted by atomic mass is 10.1. The predicted molar refractivity (Wildman–Crippen MR) is 89.2 cm³/mol. The third kappa shape index (κ3) is 3.79. The van der Waals surface area contributed by atoms with E-state index in [1.807, 2.05) is 0 Å². The number of carbonyl (C=O) groups excluding carboxylic acids is 1. The summed E-state index contributed by atoms with van der Waals surface area (Å²) in [5.74, 6) is -0.116. The van der Waals surface area contributed by atoms with Crippen LogP contribution in [0.1, 0.15) is 48.9 Å². The van der Waals surface area contributed by atoms with Gasteiger partial charge in [-0.1, -0.05) is 25.7 Å². The molecule has 1 aliphatic carbocycles. The Morgan fingerprint density at radius 3 is 2.46 bits per heavy atom. The van der Waals surface area contributed by atoms with E-state index in [1.54, 1.807) is 23.0 Å². The van der Waals surface area contributed by atoms with Crippen LogP contribution in [0.3, 0.4) is 0 Å². The standard InChI is InChI=1S/C17H20N4O3/c22-17(19-14-5-3-1-2-4-6-14)13-11-18-20(12-13)15-7-9-16(10-8-15)21(23)24/h7-12,14H,1-6H2,(H,19,22). The lowest BCUT2D eigenvalue weighted by Crippen LogP contribution is -2.34. The van der Waals surface area contributed by atoms with Gasteiger partial charge < -0.3 is 5.32 Å². The normalized spacial score (nSPS) is 15.7. The molecule has 1 fully saturated rings. The summed E-state index contributed by atoms with van der Waals surface area (Å²) in [5, 5.41) is 17.9. The second-order valence-electron chi connectivity index (χ2n) is 6.11. The molecule has 0 saturated heterocycles. The van der Waals surface area contributed by atoms with Crippen LogP contribution in [0.4, 0.5) is 5.69 Å². The highest BCUT2D eigenvalue weighted by molar-refractivity contribution is 5.94. The molecule has 1 heterocycles. The summed E-state index contributed by atoms with van der Waals surface area (Å²) in [7, 11) is 0. The molecule has 0 unspecified atom stereocenters. The summed E-state index contributed by atoms with van der Waals surface area (Å²) < 4.78 is 1.55. The summed E-state index contributed by atoms with van der Waals surface area (Å²) in [6.07, 6.45) is 10.0. The highest BCUT2D eigenvalue weighted by Crippen LogP contribution is 2.18. The van der Waals surface area contributed by atoms with Gasteiger partial charge in [0.15, 0.2) is 0 Å². The maximum absolute atomic E-state index is 12.4. The molecule has 2 aromatic rings. The molecule has 0 radical (unpaired) electrons. The number of nitro groups is 1. The van der Waals surface area contributed by atoms with Crippen molar-refractivity contribution in [2.24, 2.45) is 0 Å². The third-order valence-corrected chi connectivity index (χ3v) is 4.36. The molecule has 1 aromatic heterocycles. The summed E-state index contributed by atoms with van der Waals surface area (Å²) >= 11 is 0.